The Bertz CT molecular complexity index is 759. The normalized spacial score (nSPS) is 11.3. The summed E-state index contributed by atoms with van der Waals surface area (Å²) in [6.07, 6.45) is 3.24. The maximum absolute atomic E-state index is 12.4. The predicted octanol–water partition coefficient (Wildman–Crippen LogP) is 1.50. The molecule has 7 heteroatoms. The molecule has 0 unspecified atom stereocenters. The molecule has 0 atom stereocenters. The molecular weight excluding hydrogens is 306 g/mol. The Hall–Kier alpha value is -1.83. The Morgan fingerprint density at radius 3 is 2.76 bits per heavy atom. The average molecular weight is 321 g/mol. The van der Waals surface area contributed by atoms with Gasteiger partial charge in [0.15, 0.2) is 0 Å². The van der Waals surface area contributed by atoms with Crippen LogP contribution in [0.25, 0.3) is 0 Å². The Morgan fingerprint density at radius 2 is 2.14 bits per heavy atom. The Kier molecular flexibility index (Phi) is 4.66. The average Bonchev–Trinajstić information content (AvgIpc) is 2.46. The summed E-state index contributed by atoms with van der Waals surface area (Å²) in [5, 5.41) is 0. The van der Waals surface area contributed by atoms with E-state index < -0.39 is 10.0 Å². The van der Waals surface area contributed by atoms with Crippen molar-refractivity contribution in [2.24, 2.45) is 5.73 Å². The minimum Gasteiger partial charge on any atom is -0.389 e. The molecule has 0 saturated carbocycles. The fraction of sp³-hybridized carbons (Fsp3) is 0.143. The van der Waals surface area contributed by atoms with Crippen LogP contribution in [0, 0.1) is 6.92 Å². The molecule has 110 valence electrons. The molecule has 0 fully saturated rings. The second-order valence-corrected chi connectivity index (χ2v) is 6.71. The number of hydrogen-bond acceptors (Lipinski definition) is 4. The zero-order valence-electron chi connectivity index (χ0n) is 11.4. The molecule has 0 aliphatic carbocycles. The molecule has 0 amide bonds. The quantitative estimate of drug-likeness (QED) is 0.815. The highest BCUT2D eigenvalue weighted by Gasteiger charge is 2.17. The van der Waals surface area contributed by atoms with Crippen LogP contribution in [0.4, 0.5) is 0 Å². The third-order valence-electron chi connectivity index (χ3n) is 2.95. The van der Waals surface area contributed by atoms with Crippen LogP contribution in [0.2, 0.25) is 0 Å². The molecule has 0 aliphatic heterocycles. The summed E-state index contributed by atoms with van der Waals surface area (Å²) >= 11 is 4.88. The van der Waals surface area contributed by atoms with E-state index in [-0.39, 0.29) is 16.4 Å². The highest BCUT2D eigenvalue weighted by atomic mass is 32.2. The lowest BCUT2D eigenvalue weighted by Crippen LogP contribution is -2.24. The summed E-state index contributed by atoms with van der Waals surface area (Å²) in [6.45, 7) is 1.90. The maximum atomic E-state index is 12.4. The van der Waals surface area contributed by atoms with Gasteiger partial charge in [0.05, 0.1) is 4.90 Å². The first kappa shape index (κ1) is 15.6. The summed E-state index contributed by atoms with van der Waals surface area (Å²) in [5.41, 5.74) is 7.49. The molecule has 0 spiro atoms. The maximum Gasteiger partial charge on any atom is 0.241 e. The third kappa shape index (κ3) is 3.84. The van der Waals surface area contributed by atoms with E-state index in [2.05, 4.69) is 9.71 Å². The first-order valence-electron chi connectivity index (χ1n) is 6.19. The van der Waals surface area contributed by atoms with Crippen LogP contribution in [-0.2, 0) is 16.6 Å². The lowest BCUT2D eigenvalue weighted by molar-refractivity contribution is 0.580. The van der Waals surface area contributed by atoms with Crippen molar-refractivity contribution in [1.29, 1.82) is 0 Å². The first-order chi connectivity index (χ1) is 9.90. The smallest absolute Gasteiger partial charge is 0.241 e. The second kappa shape index (κ2) is 6.30. The van der Waals surface area contributed by atoms with Crippen LogP contribution < -0.4 is 10.5 Å². The number of thiocarbonyl (C=S) groups is 1. The molecule has 3 N–H and O–H groups in total. The molecule has 1 aromatic heterocycles. The van der Waals surface area contributed by atoms with Gasteiger partial charge in [-0.1, -0.05) is 30.4 Å². The molecule has 21 heavy (non-hydrogen) atoms. The number of hydrogen-bond donors (Lipinski definition) is 2. The van der Waals surface area contributed by atoms with E-state index in [1.807, 2.05) is 0 Å². The highest BCUT2D eigenvalue weighted by Crippen LogP contribution is 2.17. The van der Waals surface area contributed by atoms with Gasteiger partial charge in [0.25, 0.3) is 0 Å². The number of pyridine rings is 1. The van der Waals surface area contributed by atoms with Crippen LogP contribution in [0.1, 0.15) is 16.7 Å². The van der Waals surface area contributed by atoms with Gasteiger partial charge < -0.3 is 5.73 Å². The molecular formula is C14H15N3O2S2. The summed E-state index contributed by atoms with van der Waals surface area (Å²) in [4.78, 5) is 4.29. The van der Waals surface area contributed by atoms with Crippen molar-refractivity contribution < 1.29 is 8.42 Å². The van der Waals surface area contributed by atoms with E-state index in [9.17, 15) is 8.42 Å². The topological polar surface area (TPSA) is 85.1 Å². The number of sulfonamides is 1. The van der Waals surface area contributed by atoms with Crippen molar-refractivity contribution >= 4 is 27.2 Å². The van der Waals surface area contributed by atoms with Gasteiger partial charge in [0.1, 0.15) is 4.99 Å². The van der Waals surface area contributed by atoms with Gasteiger partial charge >= 0.3 is 0 Å². The first-order valence-corrected chi connectivity index (χ1v) is 8.08. The van der Waals surface area contributed by atoms with Crippen molar-refractivity contribution in [3.05, 3.63) is 59.4 Å². The Morgan fingerprint density at radius 1 is 1.38 bits per heavy atom. The summed E-state index contributed by atoms with van der Waals surface area (Å²) in [6, 6.07) is 8.43. The van der Waals surface area contributed by atoms with Gasteiger partial charge in [-0.05, 0) is 30.2 Å². The molecule has 2 aromatic rings. The number of nitrogens with one attached hydrogen (secondary N) is 1. The van der Waals surface area contributed by atoms with E-state index in [1.165, 1.54) is 6.07 Å². The molecule has 0 radical (unpaired) electrons. The molecule has 2 rings (SSSR count). The van der Waals surface area contributed by atoms with Crippen LogP contribution in [0.3, 0.4) is 0 Å². The van der Waals surface area contributed by atoms with Crippen LogP contribution in [-0.4, -0.2) is 18.4 Å². The fourth-order valence-electron chi connectivity index (χ4n) is 1.80. The minimum atomic E-state index is -3.64. The number of rotatable bonds is 5. The van der Waals surface area contributed by atoms with E-state index in [4.69, 9.17) is 18.0 Å². The van der Waals surface area contributed by atoms with Crippen LogP contribution >= 0.6 is 12.2 Å². The number of aromatic nitrogens is 1. The number of aryl methyl sites for hydroxylation is 1. The number of benzene rings is 1. The van der Waals surface area contributed by atoms with Gasteiger partial charge in [0.2, 0.25) is 10.0 Å². The second-order valence-electron chi connectivity index (χ2n) is 4.53. The zero-order chi connectivity index (χ0) is 15.5. The van der Waals surface area contributed by atoms with E-state index >= 15 is 0 Å². The SMILES string of the molecule is Cc1ccc(C(N)=S)cc1S(=O)(=O)NCc1cccnc1. The molecule has 1 heterocycles. The minimum absolute atomic E-state index is 0.165. The Balaban J connectivity index is 2.27. The van der Waals surface area contributed by atoms with Crippen LogP contribution in [0.15, 0.2) is 47.6 Å². The molecule has 5 nitrogen and oxygen atoms in total. The Labute approximate surface area is 129 Å². The van der Waals surface area contributed by atoms with Crippen molar-refractivity contribution in [2.45, 2.75) is 18.4 Å². The van der Waals surface area contributed by atoms with Gasteiger partial charge in [-0.3, -0.25) is 4.98 Å². The monoisotopic (exact) mass is 321 g/mol. The van der Waals surface area contributed by atoms with Gasteiger partial charge in [-0.2, -0.15) is 0 Å². The van der Waals surface area contributed by atoms with E-state index in [0.29, 0.717) is 11.1 Å². The van der Waals surface area contributed by atoms with Crippen molar-refractivity contribution in [2.75, 3.05) is 0 Å². The van der Waals surface area contributed by atoms with Crippen molar-refractivity contribution in [3.8, 4) is 0 Å². The van der Waals surface area contributed by atoms with Gasteiger partial charge in [0, 0.05) is 24.5 Å². The standard InChI is InChI=1S/C14H15N3O2S2/c1-10-4-5-12(14(15)20)7-13(10)21(18,19)17-9-11-3-2-6-16-8-11/h2-8,17H,9H2,1H3,(H2,15,20). The molecule has 0 aliphatic rings. The molecule has 0 saturated heterocycles. The van der Waals surface area contributed by atoms with Crippen molar-refractivity contribution in [3.63, 3.8) is 0 Å². The summed E-state index contributed by atoms with van der Waals surface area (Å²) in [7, 11) is -3.64. The summed E-state index contributed by atoms with van der Waals surface area (Å²) < 4.78 is 27.3. The van der Waals surface area contributed by atoms with Gasteiger partial charge in [-0.25, -0.2) is 13.1 Å². The number of nitrogens with zero attached hydrogens (tertiary/aromatic N) is 1. The lowest BCUT2D eigenvalue weighted by atomic mass is 10.1. The van der Waals surface area contributed by atoms with E-state index in [1.54, 1.807) is 43.6 Å². The third-order valence-corrected chi connectivity index (χ3v) is 4.73. The molecule has 1 aromatic carbocycles. The van der Waals surface area contributed by atoms with Crippen molar-refractivity contribution in [1.82, 2.24) is 9.71 Å². The van der Waals surface area contributed by atoms with Gasteiger partial charge in [-0.15, -0.1) is 0 Å². The summed E-state index contributed by atoms with van der Waals surface area (Å²) in [5.74, 6) is 0. The largest absolute Gasteiger partial charge is 0.389 e. The fourth-order valence-corrected chi connectivity index (χ4v) is 3.21. The highest BCUT2D eigenvalue weighted by molar-refractivity contribution is 7.89. The van der Waals surface area contributed by atoms with Crippen LogP contribution in [0.5, 0.6) is 0 Å². The van der Waals surface area contributed by atoms with E-state index in [0.717, 1.165) is 5.56 Å². The predicted molar refractivity (Wildman–Crippen MR) is 85.3 cm³/mol. The zero-order valence-corrected chi connectivity index (χ0v) is 13.0. The number of nitrogens with two attached hydrogens (primary N) is 1. The molecule has 0 bridgehead atoms. The lowest BCUT2D eigenvalue weighted by Gasteiger charge is -2.10.